The van der Waals surface area contributed by atoms with Gasteiger partial charge in [0.1, 0.15) is 4.90 Å². The average Bonchev–Trinajstić information content (AvgIpc) is 2.82. The average molecular weight is 317 g/mol. The molecule has 2 aromatic rings. The van der Waals surface area contributed by atoms with Crippen LogP contribution in [0.25, 0.3) is 0 Å². The largest absolute Gasteiger partial charge is 0.544 e. The highest BCUT2D eigenvalue weighted by atomic mass is 35.5. The molecule has 100 valence electrons. The first kappa shape index (κ1) is 13.9. The molecule has 2 rings (SSSR count). The summed E-state index contributed by atoms with van der Waals surface area (Å²) in [4.78, 5) is 10.2. The predicted octanol–water partition coefficient (Wildman–Crippen LogP) is 1.57. The molecule has 0 amide bonds. The molecule has 0 saturated heterocycles. The first-order chi connectivity index (χ1) is 8.90. The number of hydrogen-bond donors (Lipinski definition) is 1. The Morgan fingerprint density at radius 3 is 2.42 bits per heavy atom. The van der Waals surface area contributed by atoms with Gasteiger partial charge in [0.2, 0.25) is 0 Å². The third-order valence-corrected chi connectivity index (χ3v) is 4.90. The van der Waals surface area contributed by atoms with Crippen molar-refractivity contribution < 1.29 is 18.3 Å². The fourth-order valence-corrected chi connectivity index (χ4v) is 3.82. The van der Waals surface area contributed by atoms with E-state index in [-0.39, 0.29) is 9.77 Å². The molecule has 0 unspecified atom stereocenters. The number of benzene rings is 1. The standard InChI is InChI=1S/C11H8ClNO4S2/c12-7-1-3-8(4-2-7)13-19(16,17)9-5-6-18-10(9)11(14)15/h1-6,13H,(H,14,15)/p-1. The summed E-state index contributed by atoms with van der Waals surface area (Å²) >= 11 is 6.48. The number of nitrogens with one attached hydrogen (secondary N) is 1. The van der Waals surface area contributed by atoms with Gasteiger partial charge in [-0.2, -0.15) is 0 Å². The van der Waals surface area contributed by atoms with Crippen LogP contribution in [-0.2, 0) is 10.0 Å². The second-order valence-corrected chi connectivity index (χ2v) is 6.52. The zero-order valence-corrected chi connectivity index (χ0v) is 11.7. The van der Waals surface area contributed by atoms with Gasteiger partial charge < -0.3 is 9.90 Å². The van der Waals surface area contributed by atoms with Crippen molar-refractivity contribution in [3.05, 3.63) is 45.6 Å². The quantitative estimate of drug-likeness (QED) is 0.927. The van der Waals surface area contributed by atoms with E-state index in [9.17, 15) is 18.3 Å². The van der Waals surface area contributed by atoms with Crippen molar-refractivity contribution in [2.24, 2.45) is 0 Å². The minimum Gasteiger partial charge on any atom is -0.544 e. The number of carboxylic acid groups (broad SMARTS) is 1. The van der Waals surface area contributed by atoms with E-state index in [1.54, 1.807) is 0 Å². The number of anilines is 1. The van der Waals surface area contributed by atoms with Crippen LogP contribution in [0.5, 0.6) is 0 Å². The molecule has 0 atom stereocenters. The molecule has 0 fully saturated rings. The fourth-order valence-electron chi connectivity index (χ4n) is 1.39. The van der Waals surface area contributed by atoms with Crippen molar-refractivity contribution in [3.8, 4) is 0 Å². The van der Waals surface area contributed by atoms with Crippen molar-refractivity contribution in [2.45, 2.75) is 4.90 Å². The van der Waals surface area contributed by atoms with Gasteiger partial charge in [0.25, 0.3) is 10.0 Å². The Bertz CT molecular complexity index is 707. The van der Waals surface area contributed by atoms with Gasteiger partial charge in [0, 0.05) is 10.7 Å². The minimum absolute atomic E-state index is 0.292. The number of carboxylic acids is 1. The van der Waals surface area contributed by atoms with E-state index in [1.165, 1.54) is 35.7 Å². The van der Waals surface area contributed by atoms with E-state index in [0.717, 1.165) is 11.3 Å². The molecule has 0 bridgehead atoms. The number of hydrogen-bond acceptors (Lipinski definition) is 5. The second kappa shape index (κ2) is 5.20. The van der Waals surface area contributed by atoms with Crippen molar-refractivity contribution in [3.63, 3.8) is 0 Å². The highest BCUT2D eigenvalue weighted by Gasteiger charge is 2.20. The summed E-state index contributed by atoms with van der Waals surface area (Å²) in [5, 5.41) is 12.7. The number of carbonyl (C=O) groups is 1. The van der Waals surface area contributed by atoms with Gasteiger partial charge in [-0.3, -0.25) is 4.72 Å². The molecule has 0 aliphatic heterocycles. The zero-order chi connectivity index (χ0) is 14.0. The molecule has 19 heavy (non-hydrogen) atoms. The molecule has 0 radical (unpaired) electrons. The molecule has 0 spiro atoms. The van der Waals surface area contributed by atoms with Gasteiger partial charge in [-0.25, -0.2) is 8.42 Å². The highest BCUT2D eigenvalue weighted by Crippen LogP contribution is 2.24. The lowest BCUT2D eigenvalue weighted by Gasteiger charge is -2.09. The zero-order valence-electron chi connectivity index (χ0n) is 9.29. The van der Waals surface area contributed by atoms with E-state index in [1.807, 2.05) is 0 Å². The van der Waals surface area contributed by atoms with Gasteiger partial charge in [0.05, 0.1) is 10.8 Å². The van der Waals surface area contributed by atoms with Crippen molar-refractivity contribution >= 4 is 44.6 Å². The summed E-state index contributed by atoms with van der Waals surface area (Å²) in [6, 6.07) is 7.21. The Kier molecular flexibility index (Phi) is 3.79. The molecule has 1 aromatic carbocycles. The predicted molar refractivity (Wildman–Crippen MR) is 70.9 cm³/mol. The highest BCUT2D eigenvalue weighted by molar-refractivity contribution is 7.93. The van der Waals surface area contributed by atoms with E-state index in [4.69, 9.17) is 11.6 Å². The Morgan fingerprint density at radius 2 is 1.84 bits per heavy atom. The number of aromatic carboxylic acids is 1. The van der Waals surface area contributed by atoms with E-state index < -0.39 is 16.0 Å². The Labute approximate surface area is 118 Å². The number of sulfonamides is 1. The molecule has 1 heterocycles. The summed E-state index contributed by atoms with van der Waals surface area (Å²) in [7, 11) is -3.96. The smallest absolute Gasteiger partial charge is 0.263 e. The Balaban J connectivity index is 2.35. The molecular weight excluding hydrogens is 310 g/mol. The van der Waals surface area contributed by atoms with Crippen LogP contribution in [0.2, 0.25) is 5.02 Å². The minimum atomic E-state index is -3.96. The summed E-state index contributed by atoms with van der Waals surface area (Å²) in [6.45, 7) is 0. The van der Waals surface area contributed by atoms with Gasteiger partial charge in [0.15, 0.2) is 0 Å². The third kappa shape index (κ3) is 3.06. The maximum absolute atomic E-state index is 12.0. The summed E-state index contributed by atoms with van der Waals surface area (Å²) in [5.41, 5.74) is 0.292. The number of halogens is 1. The van der Waals surface area contributed by atoms with E-state index in [2.05, 4.69) is 4.72 Å². The second-order valence-electron chi connectivity index (χ2n) is 3.51. The molecule has 0 aliphatic rings. The first-order valence-corrected chi connectivity index (χ1v) is 7.71. The normalized spacial score (nSPS) is 11.2. The van der Waals surface area contributed by atoms with Crippen LogP contribution in [0.3, 0.4) is 0 Å². The lowest BCUT2D eigenvalue weighted by Crippen LogP contribution is -2.24. The summed E-state index contributed by atoms with van der Waals surface area (Å²) in [6.07, 6.45) is 0. The van der Waals surface area contributed by atoms with Gasteiger partial charge in [-0.15, -0.1) is 11.3 Å². The summed E-state index contributed by atoms with van der Waals surface area (Å²) in [5.74, 6) is -1.52. The Morgan fingerprint density at radius 1 is 1.21 bits per heavy atom. The van der Waals surface area contributed by atoms with Crippen molar-refractivity contribution in [1.29, 1.82) is 0 Å². The number of thiophene rings is 1. The van der Waals surface area contributed by atoms with Crippen LogP contribution in [0, 0.1) is 0 Å². The Hall–Kier alpha value is -1.57. The monoisotopic (exact) mass is 316 g/mol. The van der Waals surface area contributed by atoms with Crippen molar-refractivity contribution in [1.82, 2.24) is 0 Å². The van der Waals surface area contributed by atoms with Crippen LogP contribution in [0.15, 0.2) is 40.6 Å². The first-order valence-electron chi connectivity index (χ1n) is 4.97. The topological polar surface area (TPSA) is 86.3 Å². The van der Waals surface area contributed by atoms with Gasteiger partial charge >= 0.3 is 0 Å². The third-order valence-electron chi connectivity index (χ3n) is 2.20. The number of carbonyl (C=O) groups excluding carboxylic acids is 1. The molecular formula is C11H7ClNO4S2-. The molecule has 0 aliphatic carbocycles. The fraction of sp³-hybridized carbons (Fsp3) is 0. The van der Waals surface area contributed by atoms with Crippen LogP contribution >= 0.6 is 22.9 Å². The van der Waals surface area contributed by atoms with Gasteiger partial charge in [-0.1, -0.05) is 11.6 Å². The van der Waals surface area contributed by atoms with Crippen LogP contribution in [0.4, 0.5) is 5.69 Å². The van der Waals surface area contributed by atoms with Crippen LogP contribution in [0.1, 0.15) is 9.67 Å². The SMILES string of the molecule is O=C([O-])c1sccc1S(=O)(=O)Nc1ccc(Cl)cc1. The molecule has 1 N–H and O–H groups in total. The maximum atomic E-state index is 12.0. The van der Waals surface area contributed by atoms with E-state index >= 15 is 0 Å². The molecule has 1 aromatic heterocycles. The number of rotatable bonds is 4. The maximum Gasteiger partial charge on any atom is 0.263 e. The van der Waals surface area contributed by atoms with Crippen molar-refractivity contribution in [2.75, 3.05) is 4.72 Å². The lowest BCUT2D eigenvalue weighted by atomic mass is 10.3. The lowest BCUT2D eigenvalue weighted by molar-refractivity contribution is -0.254. The van der Waals surface area contributed by atoms with Crippen LogP contribution < -0.4 is 9.83 Å². The molecule has 5 nitrogen and oxygen atoms in total. The summed E-state index contributed by atoms with van der Waals surface area (Å²) < 4.78 is 26.4. The molecule has 8 heteroatoms. The van der Waals surface area contributed by atoms with E-state index in [0.29, 0.717) is 10.7 Å². The van der Waals surface area contributed by atoms with Gasteiger partial charge in [-0.05, 0) is 35.7 Å². The van der Waals surface area contributed by atoms with Crippen LogP contribution in [-0.4, -0.2) is 14.4 Å². The molecule has 0 saturated carbocycles.